The van der Waals surface area contributed by atoms with Crippen LogP contribution in [-0.4, -0.2) is 67.6 Å². The van der Waals surface area contributed by atoms with Crippen molar-refractivity contribution in [1.29, 1.82) is 0 Å². The van der Waals surface area contributed by atoms with E-state index in [9.17, 15) is 24.3 Å². The van der Waals surface area contributed by atoms with Crippen molar-refractivity contribution >= 4 is 23.9 Å². The monoisotopic (exact) mass is 482 g/mol. The predicted molar refractivity (Wildman–Crippen MR) is 123 cm³/mol. The van der Waals surface area contributed by atoms with E-state index >= 15 is 0 Å². The number of fused-ring (bicyclic) bond motifs is 3. The van der Waals surface area contributed by atoms with Gasteiger partial charge in [0.1, 0.15) is 12.6 Å². The lowest BCUT2D eigenvalue weighted by Gasteiger charge is -2.22. The third-order valence-electron chi connectivity index (χ3n) is 6.21. The Balaban J connectivity index is 1.35. The van der Waals surface area contributed by atoms with Crippen molar-refractivity contribution in [2.45, 2.75) is 36.9 Å². The molecule has 10 nitrogen and oxygen atoms in total. The number of carboxylic acid groups (broad SMARTS) is 1. The minimum Gasteiger partial charge on any atom is -0.480 e. The molecule has 1 saturated heterocycles. The number of benzene rings is 2. The van der Waals surface area contributed by atoms with Crippen LogP contribution in [0, 0.1) is 0 Å². The summed E-state index contributed by atoms with van der Waals surface area (Å²) in [5.74, 6) is -3.02. The first-order valence-corrected chi connectivity index (χ1v) is 11.2. The highest BCUT2D eigenvalue weighted by molar-refractivity contribution is 5.90. The third-order valence-corrected chi connectivity index (χ3v) is 6.21. The van der Waals surface area contributed by atoms with Crippen molar-refractivity contribution < 1.29 is 38.5 Å². The second-order valence-corrected chi connectivity index (χ2v) is 8.34. The number of hydrogen-bond donors (Lipinski definition) is 3. The Kier molecular flexibility index (Phi) is 7.31. The molecule has 35 heavy (non-hydrogen) atoms. The van der Waals surface area contributed by atoms with Gasteiger partial charge >= 0.3 is 18.0 Å². The smallest absolute Gasteiger partial charge is 0.407 e. The standard InChI is InChI=1S/C25H26N2O8/c1-33-21(28)12-20(24(30)31)26-23(29)22-19(10-11-34-22)27-25(32)35-13-18-16-8-4-2-6-14(16)15-7-3-5-9-17(15)18/h2-9,18-20,22H,10-13H2,1H3,(H,26,29)(H,27,32)(H,30,31)/t19-,20-,22+/m0/s1. The molecule has 10 heteroatoms. The SMILES string of the molecule is COC(=O)C[C@H](NC(=O)[C@@H]1OCC[C@@H]1NC(=O)OCC1c2ccccc2-c2ccccc21)C(=O)O. The van der Waals surface area contributed by atoms with Crippen LogP contribution in [0.5, 0.6) is 0 Å². The largest absolute Gasteiger partial charge is 0.480 e. The Hall–Kier alpha value is -3.92. The molecule has 0 saturated carbocycles. The van der Waals surface area contributed by atoms with Gasteiger partial charge in [-0.15, -0.1) is 0 Å². The number of carboxylic acids is 1. The molecule has 1 aliphatic carbocycles. The van der Waals surface area contributed by atoms with Crippen LogP contribution in [0.3, 0.4) is 0 Å². The molecule has 1 aliphatic heterocycles. The van der Waals surface area contributed by atoms with Crippen LogP contribution in [-0.2, 0) is 28.6 Å². The second kappa shape index (κ2) is 10.6. The Bertz CT molecular complexity index is 1090. The van der Waals surface area contributed by atoms with Crippen molar-refractivity contribution in [2.24, 2.45) is 0 Å². The lowest BCUT2D eigenvalue weighted by molar-refractivity contribution is -0.149. The van der Waals surface area contributed by atoms with E-state index in [4.69, 9.17) is 9.47 Å². The van der Waals surface area contributed by atoms with E-state index in [2.05, 4.69) is 15.4 Å². The van der Waals surface area contributed by atoms with Crippen LogP contribution in [0.1, 0.15) is 29.9 Å². The van der Waals surface area contributed by atoms with E-state index in [1.807, 2.05) is 48.5 Å². The first-order chi connectivity index (χ1) is 16.9. The van der Waals surface area contributed by atoms with Gasteiger partial charge in [0.05, 0.1) is 19.6 Å². The van der Waals surface area contributed by atoms with Gasteiger partial charge in [0.15, 0.2) is 6.10 Å². The molecule has 2 aliphatic rings. The molecule has 2 aromatic rings. The fourth-order valence-electron chi connectivity index (χ4n) is 4.49. The Morgan fingerprint density at radius 2 is 1.69 bits per heavy atom. The number of methoxy groups -OCH3 is 1. The van der Waals surface area contributed by atoms with E-state index in [0.29, 0.717) is 6.42 Å². The quantitative estimate of drug-likeness (QED) is 0.484. The number of ether oxygens (including phenoxy) is 3. The zero-order chi connectivity index (χ0) is 24.9. The summed E-state index contributed by atoms with van der Waals surface area (Å²) >= 11 is 0. The minimum absolute atomic E-state index is 0.110. The highest BCUT2D eigenvalue weighted by Crippen LogP contribution is 2.44. The summed E-state index contributed by atoms with van der Waals surface area (Å²) in [6, 6.07) is 13.7. The topological polar surface area (TPSA) is 140 Å². The Morgan fingerprint density at radius 1 is 1.06 bits per heavy atom. The predicted octanol–water partition coefficient (Wildman–Crippen LogP) is 1.82. The van der Waals surface area contributed by atoms with Gasteiger partial charge in [-0.25, -0.2) is 9.59 Å². The number of rotatable bonds is 8. The van der Waals surface area contributed by atoms with Gasteiger partial charge in [0, 0.05) is 12.5 Å². The van der Waals surface area contributed by atoms with Gasteiger partial charge in [-0.3, -0.25) is 9.59 Å². The van der Waals surface area contributed by atoms with Crippen molar-refractivity contribution in [3.05, 3.63) is 59.7 Å². The van der Waals surface area contributed by atoms with Crippen LogP contribution < -0.4 is 10.6 Å². The first-order valence-electron chi connectivity index (χ1n) is 11.2. The Morgan fingerprint density at radius 3 is 2.29 bits per heavy atom. The summed E-state index contributed by atoms with van der Waals surface area (Å²) in [5, 5.41) is 14.2. The molecule has 2 amide bonds. The number of amides is 2. The molecular formula is C25H26N2O8. The van der Waals surface area contributed by atoms with Crippen molar-refractivity contribution in [3.8, 4) is 11.1 Å². The number of aliphatic carboxylic acids is 1. The number of esters is 1. The van der Waals surface area contributed by atoms with Gasteiger partial charge in [-0.05, 0) is 28.7 Å². The number of alkyl carbamates (subject to hydrolysis) is 1. The molecule has 0 radical (unpaired) electrons. The van der Waals surface area contributed by atoms with Gasteiger partial charge < -0.3 is 30.0 Å². The lowest BCUT2D eigenvalue weighted by atomic mass is 9.98. The maximum atomic E-state index is 12.6. The van der Waals surface area contributed by atoms with E-state index in [1.54, 1.807) is 0 Å². The maximum Gasteiger partial charge on any atom is 0.407 e. The molecular weight excluding hydrogens is 456 g/mol. The lowest BCUT2D eigenvalue weighted by Crippen LogP contribution is -2.52. The van der Waals surface area contributed by atoms with Crippen LogP contribution in [0.4, 0.5) is 4.79 Å². The molecule has 1 fully saturated rings. The van der Waals surface area contributed by atoms with Gasteiger partial charge in [-0.2, -0.15) is 0 Å². The van der Waals surface area contributed by atoms with Crippen LogP contribution in [0.15, 0.2) is 48.5 Å². The van der Waals surface area contributed by atoms with E-state index < -0.39 is 48.5 Å². The fourth-order valence-corrected chi connectivity index (χ4v) is 4.49. The number of carbonyl (C=O) groups is 4. The summed E-state index contributed by atoms with van der Waals surface area (Å²) in [6.45, 7) is 0.311. The average molecular weight is 482 g/mol. The molecule has 3 atom stereocenters. The fraction of sp³-hybridized carbons (Fsp3) is 0.360. The molecule has 2 aromatic carbocycles. The van der Waals surface area contributed by atoms with Gasteiger partial charge in [0.25, 0.3) is 5.91 Å². The number of hydrogen-bond acceptors (Lipinski definition) is 7. The molecule has 3 N–H and O–H groups in total. The van der Waals surface area contributed by atoms with E-state index in [1.165, 1.54) is 0 Å². The van der Waals surface area contributed by atoms with Crippen LogP contribution >= 0.6 is 0 Å². The van der Waals surface area contributed by atoms with Crippen LogP contribution in [0.25, 0.3) is 11.1 Å². The molecule has 4 rings (SSSR count). The molecule has 0 spiro atoms. The van der Waals surface area contributed by atoms with Crippen LogP contribution in [0.2, 0.25) is 0 Å². The second-order valence-electron chi connectivity index (χ2n) is 8.34. The highest BCUT2D eigenvalue weighted by Gasteiger charge is 2.38. The molecule has 1 heterocycles. The summed E-state index contributed by atoms with van der Waals surface area (Å²) in [7, 11) is 1.12. The van der Waals surface area contributed by atoms with Gasteiger partial charge in [-0.1, -0.05) is 48.5 Å². The van der Waals surface area contributed by atoms with Crippen molar-refractivity contribution in [3.63, 3.8) is 0 Å². The van der Waals surface area contributed by atoms with Crippen molar-refractivity contribution in [2.75, 3.05) is 20.3 Å². The van der Waals surface area contributed by atoms with Crippen molar-refractivity contribution in [1.82, 2.24) is 10.6 Å². The number of carbonyl (C=O) groups excluding carboxylic acids is 3. The normalized spacial score (nSPS) is 19.2. The minimum atomic E-state index is -1.48. The molecule has 184 valence electrons. The highest BCUT2D eigenvalue weighted by atomic mass is 16.6. The first kappa shape index (κ1) is 24.2. The summed E-state index contributed by atoms with van der Waals surface area (Å²) in [4.78, 5) is 48.0. The summed E-state index contributed by atoms with van der Waals surface area (Å²) in [5.41, 5.74) is 4.37. The average Bonchev–Trinajstić information content (AvgIpc) is 3.44. The summed E-state index contributed by atoms with van der Waals surface area (Å²) < 4.78 is 15.4. The van der Waals surface area contributed by atoms with E-state index in [-0.39, 0.29) is 19.1 Å². The van der Waals surface area contributed by atoms with E-state index in [0.717, 1.165) is 29.4 Å². The van der Waals surface area contributed by atoms with Gasteiger partial charge in [0.2, 0.25) is 0 Å². The maximum absolute atomic E-state index is 12.6. The Labute approximate surface area is 201 Å². The molecule has 0 unspecified atom stereocenters. The third kappa shape index (κ3) is 5.27. The number of nitrogens with one attached hydrogen (secondary N) is 2. The summed E-state index contributed by atoms with van der Waals surface area (Å²) in [6.07, 6.45) is -2.01. The molecule has 0 aromatic heterocycles. The molecule has 0 bridgehead atoms. The zero-order valence-corrected chi connectivity index (χ0v) is 19.1. The zero-order valence-electron chi connectivity index (χ0n) is 19.1.